The van der Waals surface area contributed by atoms with Gasteiger partial charge in [0.15, 0.2) is 0 Å². The van der Waals surface area contributed by atoms with E-state index in [9.17, 15) is 0 Å². The molecule has 0 heterocycles. The number of hydrogen-bond acceptors (Lipinski definition) is 0. The van der Waals surface area contributed by atoms with Gasteiger partial charge in [-0.15, -0.1) is 0 Å². The summed E-state index contributed by atoms with van der Waals surface area (Å²) >= 11 is 0. The molecule has 0 spiro atoms. The highest BCUT2D eigenvalue weighted by atomic mass is 14.2. The van der Waals surface area contributed by atoms with E-state index in [1.165, 1.54) is 57.8 Å². The predicted octanol–water partition coefficient (Wildman–Crippen LogP) is 5.01. The highest BCUT2D eigenvalue weighted by Crippen LogP contribution is 2.35. The Morgan fingerprint density at radius 1 is 0.933 bits per heavy atom. The van der Waals surface area contributed by atoms with Gasteiger partial charge in [0.1, 0.15) is 0 Å². The minimum atomic E-state index is 0.811. The summed E-state index contributed by atoms with van der Waals surface area (Å²) in [7, 11) is 0. The van der Waals surface area contributed by atoms with Crippen LogP contribution in [0.15, 0.2) is 23.3 Å². The summed E-state index contributed by atoms with van der Waals surface area (Å²) in [5.41, 5.74) is 3.52. The second-order valence-electron chi connectivity index (χ2n) is 5.01. The molecule has 0 aromatic heterocycles. The second kappa shape index (κ2) is 5.53. The third-order valence-electron chi connectivity index (χ3n) is 3.96. The van der Waals surface area contributed by atoms with Crippen molar-refractivity contribution in [2.24, 2.45) is 5.92 Å². The van der Waals surface area contributed by atoms with Gasteiger partial charge in [0.25, 0.3) is 0 Å². The first-order valence-corrected chi connectivity index (χ1v) is 6.79. The van der Waals surface area contributed by atoms with Gasteiger partial charge >= 0.3 is 0 Å². The van der Waals surface area contributed by atoms with Gasteiger partial charge < -0.3 is 0 Å². The SMILES string of the molecule is CCC(C1=CCCCC1)C1=CCCCC1. The summed E-state index contributed by atoms with van der Waals surface area (Å²) in [4.78, 5) is 0. The van der Waals surface area contributed by atoms with Crippen LogP contribution in [0, 0.1) is 5.92 Å². The average molecular weight is 204 g/mol. The molecule has 15 heavy (non-hydrogen) atoms. The van der Waals surface area contributed by atoms with Crippen LogP contribution in [0.3, 0.4) is 0 Å². The van der Waals surface area contributed by atoms with Crippen LogP contribution in [0.4, 0.5) is 0 Å². The van der Waals surface area contributed by atoms with E-state index in [2.05, 4.69) is 19.1 Å². The van der Waals surface area contributed by atoms with Crippen LogP contribution in [0.1, 0.15) is 64.7 Å². The van der Waals surface area contributed by atoms with Crippen molar-refractivity contribution in [3.8, 4) is 0 Å². The first-order valence-electron chi connectivity index (χ1n) is 6.79. The van der Waals surface area contributed by atoms with Crippen molar-refractivity contribution in [2.75, 3.05) is 0 Å². The van der Waals surface area contributed by atoms with E-state index in [1.807, 2.05) is 0 Å². The quantitative estimate of drug-likeness (QED) is 0.567. The Hall–Kier alpha value is -0.520. The number of allylic oxidation sites excluding steroid dienone is 4. The summed E-state index contributed by atoms with van der Waals surface area (Å²) in [6.45, 7) is 2.36. The number of rotatable bonds is 3. The normalized spacial score (nSPS) is 22.5. The third-order valence-corrected chi connectivity index (χ3v) is 3.96. The molecule has 0 atom stereocenters. The maximum absolute atomic E-state index is 2.53. The molecule has 0 nitrogen and oxygen atoms in total. The lowest BCUT2D eigenvalue weighted by Gasteiger charge is -2.27. The molecule has 0 bridgehead atoms. The smallest absolute Gasteiger partial charge is 0.000428 e. The van der Waals surface area contributed by atoms with Gasteiger partial charge in [-0.2, -0.15) is 0 Å². The van der Waals surface area contributed by atoms with Crippen LogP contribution in [0.5, 0.6) is 0 Å². The van der Waals surface area contributed by atoms with E-state index >= 15 is 0 Å². The summed E-state index contributed by atoms with van der Waals surface area (Å²) in [5.74, 6) is 0.811. The molecule has 0 saturated heterocycles. The molecule has 0 N–H and O–H groups in total. The number of hydrogen-bond donors (Lipinski definition) is 0. The Labute approximate surface area is 94.5 Å². The summed E-state index contributed by atoms with van der Waals surface area (Å²) < 4.78 is 0. The monoisotopic (exact) mass is 204 g/mol. The van der Waals surface area contributed by atoms with Crippen molar-refractivity contribution in [3.05, 3.63) is 23.3 Å². The summed E-state index contributed by atoms with van der Waals surface area (Å²) in [6.07, 6.45) is 17.5. The summed E-state index contributed by atoms with van der Waals surface area (Å²) in [6, 6.07) is 0. The Morgan fingerprint density at radius 2 is 1.47 bits per heavy atom. The van der Waals surface area contributed by atoms with E-state index in [1.54, 1.807) is 11.1 Å². The zero-order chi connectivity index (χ0) is 10.5. The fraction of sp³-hybridized carbons (Fsp3) is 0.733. The Morgan fingerprint density at radius 3 is 1.80 bits per heavy atom. The van der Waals surface area contributed by atoms with Crippen molar-refractivity contribution in [1.29, 1.82) is 0 Å². The predicted molar refractivity (Wildman–Crippen MR) is 66.9 cm³/mol. The molecular formula is C15H24. The molecule has 0 saturated carbocycles. The first-order chi connectivity index (χ1) is 7.42. The molecule has 0 radical (unpaired) electrons. The van der Waals surface area contributed by atoms with Gasteiger partial charge in [0.2, 0.25) is 0 Å². The van der Waals surface area contributed by atoms with Crippen LogP contribution < -0.4 is 0 Å². The van der Waals surface area contributed by atoms with E-state index in [0.29, 0.717) is 0 Å². The molecule has 0 aliphatic heterocycles. The van der Waals surface area contributed by atoms with E-state index in [0.717, 1.165) is 5.92 Å². The molecule has 0 unspecified atom stereocenters. The standard InChI is InChI=1S/C15H24/c1-2-15(13-9-5-3-6-10-13)14-11-7-4-8-12-14/h9,11,15H,2-8,10,12H2,1H3. The molecule has 0 aromatic rings. The van der Waals surface area contributed by atoms with Crippen LogP contribution in [0.2, 0.25) is 0 Å². The fourth-order valence-electron chi connectivity index (χ4n) is 3.12. The van der Waals surface area contributed by atoms with Gasteiger partial charge in [-0.3, -0.25) is 0 Å². The van der Waals surface area contributed by atoms with Crippen molar-refractivity contribution < 1.29 is 0 Å². The summed E-state index contributed by atoms with van der Waals surface area (Å²) in [5, 5.41) is 0. The van der Waals surface area contributed by atoms with E-state index in [4.69, 9.17) is 0 Å². The van der Waals surface area contributed by atoms with Gasteiger partial charge in [-0.25, -0.2) is 0 Å². The van der Waals surface area contributed by atoms with Crippen LogP contribution >= 0.6 is 0 Å². The topological polar surface area (TPSA) is 0 Å². The fourth-order valence-corrected chi connectivity index (χ4v) is 3.12. The molecule has 0 aromatic carbocycles. The van der Waals surface area contributed by atoms with Crippen molar-refractivity contribution in [1.82, 2.24) is 0 Å². The zero-order valence-corrected chi connectivity index (χ0v) is 10.1. The highest BCUT2D eigenvalue weighted by molar-refractivity contribution is 5.23. The molecule has 2 aliphatic rings. The van der Waals surface area contributed by atoms with E-state index < -0.39 is 0 Å². The van der Waals surface area contributed by atoms with Crippen LogP contribution in [-0.4, -0.2) is 0 Å². The second-order valence-corrected chi connectivity index (χ2v) is 5.01. The first kappa shape index (κ1) is 11.0. The Bertz CT molecular complexity index is 231. The maximum atomic E-state index is 2.53. The van der Waals surface area contributed by atoms with Gasteiger partial charge in [0.05, 0.1) is 0 Å². The lowest BCUT2D eigenvalue weighted by molar-refractivity contribution is 0.549. The third kappa shape index (κ3) is 2.74. The van der Waals surface area contributed by atoms with Crippen molar-refractivity contribution >= 4 is 0 Å². The molecule has 2 rings (SSSR count). The largest absolute Gasteiger partial charge is 0.0847 e. The maximum Gasteiger partial charge on any atom is 0.000428 e. The van der Waals surface area contributed by atoms with Gasteiger partial charge in [-0.1, -0.05) is 30.2 Å². The molecule has 0 amide bonds. The highest BCUT2D eigenvalue weighted by Gasteiger charge is 2.19. The van der Waals surface area contributed by atoms with Crippen molar-refractivity contribution in [2.45, 2.75) is 64.7 Å². The average Bonchev–Trinajstić information content (AvgIpc) is 2.33. The minimum Gasteiger partial charge on any atom is -0.0847 e. The van der Waals surface area contributed by atoms with Crippen LogP contribution in [0.25, 0.3) is 0 Å². The van der Waals surface area contributed by atoms with E-state index in [-0.39, 0.29) is 0 Å². The molecule has 2 aliphatic carbocycles. The van der Waals surface area contributed by atoms with Gasteiger partial charge in [-0.05, 0) is 57.8 Å². The van der Waals surface area contributed by atoms with Crippen LogP contribution in [-0.2, 0) is 0 Å². The van der Waals surface area contributed by atoms with Crippen molar-refractivity contribution in [3.63, 3.8) is 0 Å². The lowest BCUT2D eigenvalue weighted by atomic mass is 9.79. The molecule has 0 heteroatoms. The minimum absolute atomic E-state index is 0.811. The Balaban J connectivity index is 2.08. The van der Waals surface area contributed by atoms with Gasteiger partial charge in [0, 0.05) is 5.92 Å². The Kier molecular flexibility index (Phi) is 4.05. The molecular weight excluding hydrogens is 180 g/mol. The zero-order valence-electron chi connectivity index (χ0n) is 10.1. The molecule has 0 fully saturated rings. The molecule has 84 valence electrons. The lowest BCUT2D eigenvalue weighted by Crippen LogP contribution is -2.11.